The second-order valence-electron chi connectivity index (χ2n) is 4.14. The molecule has 1 aromatic rings. The Labute approximate surface area is 108 Å². The summed E-state index contributed by atoms with van der Waals surface area (Å²) >= 11 is 0. The number of hydrogen-bond donors (Lipinski definition) is 2. The lowest BCUT2D eigenvalue weighted by Gasteiger charge is -2.17. The Kier molecular flexibility index (Phi) is 7.52. The van der Waals surface area contributed by atoms with Gasteiger partial charge in [0.25, 0.3) is 0 Å². The lowest BCUT2D eigenvalue weighted by Crippen LogP contribution is -2.32. The third-order valence-corrected chi connectivity index (χ3v) is 2.59. The Bertz CT molecular complexity index is 308. The third kappa shape index (κ3) is 6.07. The van der Waals surface area contributed by atoms with E-state index < -0.39 is 6.10 Å². The Balaban J connectivity index is 2.16. The number of nitrogens with one attached hydrogen (secondary N) is 1. The predicted octanol–water partition coefficient (Wildman–Crippen LogP) is 0.756. The minimum Gasteiger partial charge on any atom is -0.389 e. The highest BCUT2D eigenvalue weighted by Gasteiger charge is 2.08. The number of pyridine rings is 1. The molecule has 18 heavy (non-hydrogen) atoms. The molecule has 2 atom stereocenters. The minimum atomic E-state index is -0.513. The first-order chi connectivity index (χ1) is 8.74. The normalized spacial score (nSPS) is 14.4. The molecule has 1 aromatic heterocycles. The van der Waals surface area contributed by atoms with E-state index >= 15 is 0 Å². The molecule has 0 aromatic carbocycles. The highest BCUT2D eigenvalue weighted by Crippen LogP contribution is 2.09. The van der Waals surface area contributed by atoms with Crippen LogP contribution in [0.5, 0.6) is 0 Å². The van der Waals surface area contributed by atoms with Crippen LogP contribution >= 0.6 is 0 Å². The van der Waals surface area contributed by atoms with Crippen LogP contribution in [-0.2, 0) is 9.47 Å². The fourth-order valence-electron chi connectivity index (χ4n) is 1.48. The standard InChI is InChI=1S/C13H22N2O3/c1-11(12-4-3-5-14-8-12)15-9-13(16)10-18-7-6-17-2/h3-5,8,11,13,15-16H,6-7,9-10H2,1-2H3/t11-,13?/m0/s1. The molecule has 0 bridgehead atoms. The molecule has 102 valence electrons. The number of nitrogens with zero attached hydrogens (tertiary/aromatic N) is 1. The lowest BCUT2D eigenvalue weighted by molar-refractivity contribution is 0.0130. The van der Waals surface area contributed by atoms with Crippen molar-refractivity contribution in [3.05, 3.63) is 30.1 Å². The molecule has 0 spiro atoms. The second kappa shape index (κ2) is 8.99. The molecule has 5 heteroatoms. The topological polar surface area (TPSA) is 63.6 Å². The largest absolute Gasteiger partial charge is 0.389 e. The number of hydrogen-bond acceptors (Lipinski definition) is 5. The van der Waals surface area contributed by atoms with Gasteiger partial charge in [-0.15, -0.1) is 0 Å². The summed E-state index contributed by atoms with van der Waals surface area (Å²) in [6, 6.07) is 4.07. The number of ether oxygens (including phenoxy) is 2. The van der Waals surface area contributed by atoms with Gasteiger partial charge in [0, 0.05) is 32.1 Å². The summed E-state index contributed by atoms with van der Waals surface area (Å²) in [6.07, 6.45) is 3.05. The van der Waals surface area contributed by atoms with E-state index in [1.165, 1.54) is 0 Å². The molecule has 0 aliphatic carbocycles. The van der Waals surface area contributed by atoms with E-state index in [1.54, 1.807) is 13.3 Å². The van der Waals surface area contributed by atoms with Crippen molar-refractivity contribution >= 4 is 0 Å². The van der Waals surface area contributed by atoms with E-state index in [2.05, 4.69) is 10.3 Å². The Hall–Kier alpha value is -1.01. The molecule has 0 amide bonds. The number of methoxy groups -OCH3 is 1. The Morgan fingerprint density at radius 2 is 2.28 bits per heavy atom. The molecule has 0 fully saturated rings. The maximum Gasteiger partial charge on any atom is 0.0897 e. The molecule has 0 aliphatic rings. The summed E-state index contributed by atoms with van der Waals surface area (Å²) < 4.78 is 10.1. The van der Waals surface area contributed by atoms with E-state index in [4.69, 9.17) is 9.47 Å². The first kappa shape index (κ1) is 15.0. The van der Waals surface area contributed by atoms with Gasteiger partial charge in [0.15, 0.2) is 0 Å². The molecule has 1 heterocycles. The highest BCUT2D eigenvalue weighted by atomic mass is 16.5. The summed E-state index contributed by atoms with van der Waals surface area (Å²) in [5.74, 6) is 0. The van der Waals surface area contributed by atoms with Crippen LogP contribution in [0.4, 0.5) is 0 Å². The van der Waals surface area contributed by atoms with E-state index in [9.17, 15) is 5.11 Å². The first-order valence-corrected chi connectivity index (χ1v) is 6.12. The van der Waals surface area contributed by atoms with Crippen LogP contribution in [0, 0.1) is 0 Å². The maximum absolute atomic E-state index is 9.70. The van der Waals surface area contributed by atoms with Crippen molar-refractivity contribution in [1.29, 1.82) is 0 Å². The van der Waals surface area contributed by atoms with Gasteiger partial charge in [-0.1, -0.05) is 6.07 Å². The Morgan fingerprint density at radius 1 is 1.44 bits per heavy atom. The van der Waals surface area contributed by atoms with E-state index in [0.29, 0.717) is 26.4 Å². The molecular formula is C13H22N2O3. The third-order valence-electron chi connectivity index (χ3n) is 2.59. The fraction of sp³-hybridized carbons (Fsp3) is 0.615. The van der Waals surface area contributed by atoms with Crippen molar-refractivity contribution in [2.24, 2.45) is 0 Å². The number of aromatic nitrogens is 1. The van der Waals surface area contributed by atoms with E-state index in [-0.39, 0.29) is 6.04 Å². The van der Waals surface area contributed by atoms with Gasteiger partial charge in [0.05, 0.1) is 25.9 Å². The van der Waals surface area contributed by atoms with Crippen LogP contribution in [-0.4, -0.2) is 49.7 Å². The van der Waals surface area contributed by atoms with Gasteiger partial charge in [0.2, 0.25) is 0 Å². The van der Waals surface area contributed by atoms with Crippen molar-refractivity contribution in [2.75, 3.05) is 33.5 Å². The first-order valence-electron chi connectivity index (χ1n) is 6.12. The average molecular weight is 254 g/mol. The predicted molar refractivity (Wildman–Crippen MR) is 69.4 cm³/mol. The van der Waals surface area contributed by atoms with Gasteiger partial charge >= 0.3 is 0 Å². The van der Waals surface area contributed by atoms with Crippen LogP contribution in [0.3, 0.4) is 0 Å². The number of rotatable bonds is 9. The molecule has 5 nitrogen and oxygen atoms in total. The molecule has 0 saturated heterocycles. The van der Waals surface area contributed by atoms with Crippen molar-refractivity contribution in [2.45, 2.75) is 19.1 Å². The van der Waals surface area contributed by atoms with Gasteiger partial charge < -0.3 is 19.9 Å². The molecule has 1 rings (SSSR count). The van der Waals surface area contributed by atoms with Crippen LogP contribution in [0.15, 0.2) is 24.5 Å². The van der Waals surface area contributed by atoms with E-state index in [1.807, 2.05) is 25.3 Å². The monoisotopic (exact) mass is 254 g/mol. The summed E-state index contributed by atoms with van der Waals surface area (Å²) in [7, 11) is 1.62. The maximum atomic E-state index is 9.70. The van der Waals surface area contributed by atoms with Gasteiger partial charge in [-0.3, -0.25) is 4.98 Å². The quantitative estimate of drug-likeness (QED) is 0.637. The van der Waals surface area contributed by atoms with Crippen LogP contribution in [0.1, 0.15) is 18.5 Å². The van der Waals surface area contributed by atoms with Crippen molar-refractivity contribution in [3.8, 4) is 0 Å². The van der Waals surface area contributed by atoms with Crippen molar-refractivity contribution < 1.29 is 14.6 Å². The number of aliphatic hydroxyl groups excluding tert-OH is 1. The molecule has 0 saturated carbocycles. The molecule has 2 N–H and O–H groups in total. The van der Waals surface area contributed by atoms with Crippen molar-refractivity contribution in [3.63, 3.8) is 0 Å². The van der Waals surface area contributed by atoms with Gasteiger partial charge in [0.1, 0.15) is 0 Å². The van der Waals surface area contributed by atoms with Crippen LogP contribution in [0.2, 0.25) is 0 Å². The molecule has 0 aliphatic heterocycles. The minimum absolute atomic E-state index is 0.160. The zero-order valence-electron chi connectivity index (χ0n) is 11.0. The van der Waals surface area contributed by atoms with Crippen molar-refractivity contribution in [1.82, 2.24) is 10.3 Å². The van der Waals surface area contributed by atoms with Crippen LogP contribution < -0.4 is 5.32 Å². The van der Waals surface area contributed by atoms with Gasteiger partial charge in [-0.2, -0.15) is 0 Å². The summed E-state index contributed by atoms with van der Waals surface area (Å²) in [6.45, 7) is 3.90. The molecular weight excluding hydrogens is 232 g/mol. The summed E-state index contributed by atoms with van der Waals surface area (Å²) in [4.78, 5) is 4.06. The zero-order valence-corrected chi connectivity index (χ0v) is 11.0. The lowest BCUT2D eigenvalue weighted by atomic mass is 10.1. The molecule has 0 radical (unpaired) electrons. The SMILES string of the molecule is COCCOCC(O)CN[C@@H](C)c1cccnc1. The van der Waals surface area contributed by atoms with Gasteiger partial charge in [-0.05, 0) is 18.6 Å². The van der Waals surface area contributed by atoms with E-state index in [0.717, 1.165) is 5.56 Å². The second-order valence-corrected chi connectivity index (χ2v) is 4.14. The Morgan fingerprint density at radius 3 is 2.94 bits per heavy atom. The highest BCUT2D eigenvalue weighted by molar-refractivity contribution is 5.12. The zero-order chi connectivity index (χ0) is 13.2. The van der Waals surface area contributed by atoms with Gasteiger partial charge in [-0.25, -0.2) is 0 Å². The summed E-state index contributed by atoms with van der Waals surface area (Å²) in [5, 5.41) is 12.9. The number of aliphatic hydroxyl groups is 1. The average Bonchev–Trinajstić information content (AvgIpc) is 2.42. The fourth-order valence-corrected chi connectivity index (χ4v) is 1.48. The van der Waals surface area contributed by atoms with Crippen LogP contribution in [0.25, 0.3) is 0 Å². The molecule has 1 unspecified atom stereocenters. The smallest absolute Gasteiger partial charge is 0.0897 e. The summed E-state index contributed by atoms with van der Waals surface area (Å²) in [5.41, 5.74) is 1.10.